The van der Waals surface area contributed by atoms with Crippen LogP contribution in [0.4, 0.5) is 11.4 Å². The molecule has 1 N–H and O–H groups in total. The summed E-state index contributed by atoms with van der Waals surface area (Å²) in [7, 11) is 1.63. The van der Waals surface area contributed by atoms with E-state index in [1.54, 1.807) is 19.2 Å². The van der Waals surface area contributed by atoms with E-state index in [1.807, 2.05) is 6.92 Å². The van der Waals surface area contributed by atoms with Crippen LogP contribution < -0.4 is 5.32 Å². The third kappa shape index (κ3) is 3.21. The zero-order chi connectivity index (χ0) is 11.3. The van der Waals surface area contributed by atoms with Gasteiger partial charge >= 0.3 is 0 Å². The topological polar surface area (TPSA) is 64.4 Å². The van der Waals surface area contributed by atoms with Crippen LogP contribution in [0.5, 0.6) is 0 Å². The van der Waals surface area contributed by atoms with Gasteiger partial charge in [-0.3, -0.25) is 10.1 Å². The SMILES string of the molecule is COCCNc1ccc([N+](=O)[O-])cc1C. The number of rotatable bonds is 5. The number of methoxy groups -OCH3 is 1. The highest BCUT2D eigenvalue weighted by Gasteiger charge is 2.07. The van der Waals surface area contributed by atoms with Crippen molar-refractivity contribution < 1.29 is 9.66 Å². The van der Waals surface area contributed by atoms with Gasteiger partial charge in [0.25, 0.3) is 5.69 Å². The Bertz CT molecular complexity index is 353. The van der Waals surface area contributed by atoms with Gasteiger partial charge in [0.2, 0.25) is 0 Å². The van der Waals surface area contributed by atoms with Gasteiger partial charge in [-0.05, 0) is 18.6 Å². The van der Waals surface area contributed by atoms with Crippen molar-refractivity contribution >= 4 is 11.4 Å². The molecule has 0 unspecified atom stereocenters. The van der Waals surface area contributed by atoms with E-state index < -0.39 is 4.92 Å². The van der Waals surface area contributed by atoms with Gasteiger partial charge in [-0.1, -0.05) is 0 Å². The Morgan fingerprint density at radius 3 is 2.80 bits per heavy atom. The fourth-order valence-electron chi connectivity index (χ4n) is 1.25. The highest BCUT2D eigenvalue weighted by Crippen LogP contribution is 2.20. The van der Waals surface area contributed by atoms with Crippen LogP contribution in [0.1, 0.15) is 5.56 Å². The molecule has 0 aliphatic heterocycles. The zero-order valence-electron chi connectivity index (χ0n) is 8.82. The summed E-state index contributed by atoms with van der Waals surface area (Å²) in [6.07, 6.45) is 0. The first-order valence-electron chi connectivity index (χ1n) is 4.63. The van der Waals surface area contributed by atoms with Gasteiger partial charge in [-0.15, -0.1) is 0 Å². The van der Waals surface area contributed by atoms with Gasteiger partial charge < -0.3 is 10.1 Å². The molecule has 5 nitrogen and oxygen atoms in total. The van der Waals surface area contributed by atoms with E-state index in [9.17, 15) is 10.1 Å². The molecule has 0 heterocycles. The van der Waals surface area contributed by atoms with E-state index in [4.69, 9.17) is 4.74 Å². The van der Waals surface area contributed by atoms with Crippen molar-refractivity contribution in [2.24, 2.45) is 0 Å². The van der Waals surface area contributed by atoms with E-state index in [0.29, 0.717) is 13.2 Å². The van der Waals surface area contributed by atoms with Crippen molar-refractivity contribution in [2.75, 3.05) is 25.6 Å². The maximum atomic E-state index is 10.5. The summed E-state index contributed by atoms with van der Waals surface area (Å²) in [5, 5.41) is 13.6. The minimum absolute atomic E-state index is 0.116. The standard InChI is InChI=1S/C10H14N2O3/c1-8-7-9(12(13)14)3-4-10(8)11-5-6-15-2/h3-4,7,11H,5-6H2,1-2H3. The molecule has 0 fully saturated rings. The fraction of sp³-hybridized carbons (Fsp3) is 0.400. The number of aryl methyl sites for hydroxylation is 1. The molecule has 0 aliphatic rings. The third-order valence-corrected chi connectivity index (χ3v) is 2.04. The van der Waals surface area contributed by atoms with Gasteiger partial charge in [0, 0.05) is 31.5 Å². The summed E-state index contributed by atoms with van der Waals surface area (Å²) in [4.78, 5) is 10.1. The summed E-state index contributed by atoms with van der Waals surface area (Å²) in [6, 6.07) is 4.75. The molecule has 15 heavy (non-hydrogen) atoms. The largest absolute Gasteiger partial charge is 0.383 e. The van der Waals surface area contributed by atoms with Crippen molar-refractivity contribution in [3.05, 3.63) is 33.9 Å². The Labute approximate surface area is 88.2 Å². The van der Waals surface area contributed by atoms with E-state index in [0.717, 1.165) is 11.3 Å². The number of nitrogens with zero attached hydrogens (tertiary/aromatic N) is 1. The minimum Gasteiger partial charge on any atom is -0.383 e. The average Bonchev–Trinajstić information content (AvgIpc) is 2.20. The van der Waals surface area contributed by atoms with Crippen LogP contribution in [-0.2, 0) is 4.74 Å². The molecule has 0 saturated carbocycles. The number of non-ortho nitro benzene ring substituents is 1. The highest BCUT2D eigenvalue weighted by molar-refractivity contribution is 5.55. The molecule has 0 spiro atoms. The third-order valence-electron chi connectivity index (χ3n) is 2.04. The van der Waals surface area contributed by atoms with Crippen molar-refractivity contribution in [1.29, 1.82) is 0 Å². The molecule has 0 bridgehead atoms. The number of anilines is 1. The first-order chi connectivity index (χ1) is 7.15. The van der Waals surface area contributed by atoms with Gasteiger partial charge in [-0.2, -0.15) is 0 Å². The van der Waals surface area contributed by atoms with Crippen LogP contribution in [0.25, 0.3) is 0 Å². The zero-order valence-corrected chi connectivity index (χ0v) is 8.82. The minimum atomic E-state index is -0.397. The number of hydrogen-bond acceptors (Lipinski definition) is 4. The predicted octanol–water partition coefficient (Wildman–Crippen LogP) is 1.96. The number of hydrogen-bond donors (Lipinski definition) is 1. The highest BCUT2D eigenvalue weighted by atomic mass is 16.6. The van der Waals surface area contributed by atoms with Crippen LogP contribution in [0.2, 0.25) is 0 Å². The van der Waals surface area contributed by atoms with E-state index in [2.05, 4.69) is 5.32 Å². The van der Waals surface area contributed by atoms with Gasteiger partial charge in [0.15, 0.2) is 0 Å². The van der Waals surface area contributed by atoms with E-state index in [-0.39, 0.29) is 5.69 Å². The maximum absolute atomic E-state index is 10.5. The molecule has 0 saturated heterocycles. The lowest BCUT2D eigenvalue weighted by Crippen LogP contribution is -2.08. The second-order valence-electron chi connectivity index (χ2n) is 3.18. The van der Waals surface area contributed by atoms with Gasteiger partial charge in [-0.25, -0.2) is 0 Å². The summed E-state index contributed by atoms with van der Waals surface area (Å²) in [5.74, 6) is 0. The number of nitro groups is 1. The number of ether oxygens (including phenoxy) is 1. The molecule has 0 aromatic heterocycles. The predicted molar refractivity (Wildman–Crippen MR) is 58.2 cm³/mol. The van der Waals surface area contributed by atoms with Crippen LogP contribution >= 0.6 is 0 Å². The molecule has 0 radical (unpaired) electrons. The van der Waals surface area contributed by atoms with E-state index >= 15 is 0 Å². The normalized spacial score (nSPS) is 10.0. The Morgan fingerprint density at radius 2 is 2.27 bits per heavy atom. The Kier molecular flexibility index (Phi) is 4.05. The fourth-order valence-corrected chi connectivity index (χ4v) is 1.25. The Balaban J connectivity index is 2.70. The van der Waals surface area contributed by atoms with Crippen LogP contribution in [-0.4, -0.2) is 25.2 Å². The first-order valence-corrected chi connectivity index (χ1v) is 4.63. The van der Waals surface area contributed by atoms with E-state index in [1.165, 1.54) is 6.07 Å². The van der Waals surface area contributed by atoms with Gasteiger partial charge in [0.05, 0.1) is 11.5 Å². The second-order valence-corrected chi connectivity index (χ2v) is 3.18. The number of nitro benzene ring substituents is 1. The molecular weight excluding hydrogens is 196 g/mol. The van der Waals surface area contributed by atoms with Crippen molar-refractivity contribution in [2.45, 2.75) is 6.92 Å². The summed E-state index contributed by atoms with van der Waals surface area (Å²) >= 11 is 0. The lowest BCUT2D eigenvalue weighted by atomic mass is 10.2. The molecule has 0 amide bonds. The molecule has 1 rings (SSSR count). The Hall–Kier alpha value is -1.62. The number of nitrogens with one attached hydrogen (secondary N) is 1. The quantitative estimate of drug-likeness (QED) is 0.458. The van der Waals surface area contributed by atoms with Crippen molar-refractivity contribution in [3.8, 4) is 0 Å². The van der Waals surface area contributed by atoms with Crippen LogP contribution in [0.15, 0.2) is 18.2 Å². The number of benzene rings is 1. The molecule has 1 aromatic rings. The smallest absolute Gasteiger partial charge is 0.269 e. The van der Waals surface area contributed by atoms with Crippen molar-refractivity contribution in [3.63, 3.8) is 0 Å². The first kappa shape index (κ1) is 11.5. The van der Waals surface area contributed by atoms with Crippen molar-refractivity contribution in [1.82, 2.24) is 0 Å². The lowest BCUT2D eigenvalue weighted by molar-refractivity contribution is -0.384. The monoisotopic (exact) mass is 210 g/mol. The van der Waals surface area contributed by atoms with Crippen LogP contribution in [0.3, 0.4) is 0 Å². The average molecular weight is 210 g/mol. The molecule has 82 valence electrons. The second kappa shape index (κ2) is 5.31. The lowest BCUT2D eigenvalue weighted by Gasteiger charge is -2.08. The maximum Gasteiger partial charge on any atom is 0.269 e. The molecule has 1 aromatic carbocycles. The van der Waals surface area contributed by atoms with Gasteiger partial charge in [0.1, 0.15) is 0 Å². The summed E-state index contributed by atoms with van der Waals surface area (Å²) < 4.78 is 4.89. The molecule has 0 atom stereocenters. The summed E-state index contributed by atoms with van der Waals surface area (Å²) in [5.41, 5.74) is 1.88. The molecular formula is C10H14N2O3. The molecule has 0 aliphatic carbocycles. The summed E-state index contributed by atoms with van der Waals surface area (Å²) in [6.45, 7) is 3.13. The van der Waals surface area contributed by atoms with Crippen LogP contribution in [0, 0.1) is 17.0 Å². The Morgan fingerprint density at radius 1 is 1.53 bits per heavy atom. The molecule has 5 heteroatoms.